The first kappa shape index (κ1) is 14.8. The Hall–Kier alpha value is -1.63. The first-order valence-corrected chi connectivity index (χ1v) is 7.07. The fourth-order valence-corrected chi connectivity index (χ4v) is 2.56. The Morgan fingerprint density at radius 3 is 2.65 bits per heavy atom. The van der Waals surface area contributed by atoms with E-state index in [2.05, 4.69) is 5.32 Å². The van der Waals surface area contributed by atoms with Gasteiger partial charge in [0.05, 0.1) is 5.69 Å². The predicted molar refractivity (Wildman–Crippen MR) is 84.1 cm³/mol. The molecule has 0 aliphatic carbocycles. The van der Waals surface area contributed by atoms with Gasteiger partial charge >= 0.3 is 6.09 Å². The van der Waals surface area contributed by atoms with Crippen molar-refractivity contribution in [3.63, 3.8) is 0 Å². The van der Waals surface area contributed by atoms with Crippen molar-refractivity contribution in [2.75, 3.05) is 5.32 Å². The molecule has 0 aromatic heterocycles. The van der Waals surface area contributed by atoms with Gasteiger partial charge in [0.2, 0.25) is 0 Å². The van der Waals surface area contributed by atoms with Crippen LogP contribution in [0.25, 0.3) is 0 Å². The largest absolute Gasteiger partial charge is 0.444 e. The van der Waals surface area contributed by atoms with Crippen LogP contribution in [0.5, 0.6) is 0 Å². The van der Waals surface area contributed by atoms with E-state index in [1.807, 2.05) is 52.9 Å². The number of benzene rings is 2. The number of nitrogens with one attached hydrogen (secondary N) is 1. The summed E-state index contributed by atoms with van der Waals surface area (Å²) in [5.74, 6) is -0.467. The monoisotopic (exact) mass is 385 g/mol. The number of amides is 1. The first-order chi connectivity index (χ1) is 9.56. The molecule has 0 bridgehead atoms. The highest BCUT2D eigenvalue weighted by Crippen LogP contribution is 2.23. The van der Waals surface area contributed by atoms with Crippen LogP contribution in [0.15, 0.2) is 42.5 Å². The molecule has 5 heteroatoms. The highest BCUT2D eigenvalue weighted by molar-refractivity contribution is 14.1. The van der Waals surface area contributed by atoms with E-state index in [9.17, 15) is 9.18 Å². The molecule has 0 fully saturated rings. The van der Waals surface area contributed by atoms with Gasteiger partial charge in [0.1, 0.15) is 12.4 Å². The van der Waals surface area contributed by atoms with E-state index in [1.165, 1.54) is 6.07 Å². The molecule has 3 nitrogen and oxygen atoms in total. The first-order valence-electron chi connectivity index (χ1n) is 5.99. The molecule has 0 radical (unpaired) electrons. The number of anilines is 1. The van der Waals surface area contributed by atoms with Gasteiger partial charge in [0.15, 0.2) is 0 Å². The summed E-state index contributed by atoms with van der Waals surface area (Å²) in [6, 6.07) is 12.5. The molecular formula is C15H13FINO2. The zero-order chi connectivity index (χ0) is 14.5. The Morgan fingerprint density at radius 1 is 1.30 bits per heavy atom. The quantitative estimate of drug-likeness (QED) is 0.791. The van der Waals surface area contributed by atoms with Gasteiger partial charge in [-0.05, 0) is 52.8 Å². The van der Waals surface area contributed by atoms with Crippen LogP contribution in [0.3, 0.4) is 0 Å². The number of aryl methyl sites for hydroxylation is 1. The van der Waals surface area contributed by atoms with Gasteiger partial charge in [-0.2, -0.15) is 0 Å². The fourth-order valence-electron chi connectivity index (χ4n) is 1.68. The summed E-state index contributed by atoms with van der Waals surface area (Å²) in [5, 5.41) is 2.43. The van der Waals surface area contributed by atoms with Crippen LogP contribution in [0.1, 0.15) is 11.1 Å². The van der Waals surface area contributed by atoms with Crippen LogP contribution in [-0.2, 0) is 11.3 Å². The van der Waals surface area contributed by atoms with Crippen molar-refractivity contribution in [2.24, 2.45) is 0 Å². The van der Waals surface area contributed by atoms with Crippen molar-refractivity contribution < 1.29 is 13.9 Å². The van der Waals surface area contributed by atoms with Crippen molar-refractivity contribution in [3.05, 3.63) is 63.0 Å². The predicted octanol–water partition coefficient (Wildman–Crippen LogP) is 4.49. The Labute approximate surface area is 130 Å². The summed E-state index contributed by atoms with van der Waals surface area (Å²) < 4.78 is 19.4. The molecule has 0 spiro atoms. The van der Waals surface area contributed by atoms with E-state index in [4.69, 9.17) is 4.74 Å². The second kappa shape index (κ2) is 6.69. The van der Waals surface area contributed by atoms with Gasteiger partial charge in [-0.15, -0.1) is 0 Å². The zero-order valence-electron chi connectivity index (χ0n) is 10.8. The van der Waals surface area contributed by atoms with Gasteiger partial charge < -0.3 is 4.74 Å². The fraction of sp³-hybridized carbons (Fsp3) is 0.133. The molecule has 0 aliphatic rings. The summed E-state index contributed by atoms with van der Waals surface area (Å²) in [6.07, 6.45) is -0.672. The Kier molecular flexibility index (Phi) is 4.94. The molecule has 0 saturated heterocycles. The van der Waals surface area contributed by atoms with Crippen LogP contribution in [0.4, 0.5) is 14.9 Å². The van der Waals surface area contributed by atoms with Crippen LogP contribution >= 0.6 is 22.6 Å². The van der Waals surface area contributed by atoms with Crippen molar-refractivity contribution in [1.82, 2.24) is 0 Å². The van der Waals surface area contributed by atoms with Crippen LogP contribution in [0.2, 0.25) is 0 Å². The summed E-state index contributed by atoms with van der Waals surface area (Å²) in [7, 11) is 0. The van der Waals surface area contributed by atoms with Crippen molar-refractivity contribution in [1.29, 1.82) is 0 Å². The molecule has 0 saturated carbocycles. The molecule has 0 unspecified atom stereocenters. The standard InChI is InChI=1S/C15H13FINO2/c1-10-7-12(16)14(13(17)8-10)18-15(19)20-9-11-5-3-2-4-6-11/h2-8H,9H2,1H3,(H,18,19). The SMILES string of the molecule is Cc1cc(F)c(NC(=O)OCc2ccccc2)c(I)c1. The average Bonchev–Trinajstić information content (AvgIpc) is 2.42. The molecular weight excluding hydrogens is 372 g/mol. The van der Waals surface area contributed by atoms with Gasteiger partial charge in [-0.25, -0.2) is 9.18 Å². The van der Waals surface area contributed by atoms with Gasteiger partial charge in [0.25, 0.3) is 0 Å². The second-order valence-electron chi connectivity index (χ2n) is 4.29. The number of halogens is 2. The minimum Gasteiger partial charge on any atom is -0.444 e. The van der Waals surface area contributed by atoms with Gasteiger partial charge in [-0.1, -0.05) is 30.3 Å². The van der Waals surface area contributed by atoms with Gasteiger partial charge in [0, 0.05) is 3.57 Å². The summed E-state index contributed by atoms with van der Waals surface area (Å²) in [6.45, 7) is 1.94. The van der Waals surface area contributed by atoms with E-state index in [1.54, 1.807) is 13.0 Å². The molecule has 2 rings (SSSR count). The van der Waals surface area contributed by atoms with Gasteiger partial charge in [-0.3, -0.25) is 5.32 Å². The van der Waals surface area contributed by atoms with Crippen molar-refractivity contribution in [2.45, 2.75) is 13.5 Å². The lowest BCUT2D eigenvalue weighted by Crippen LogP contribution is -2.15. The van der Waals surface area contributed by atoms with Crippen LogP contribution in [0, 0.1) is 16.3 Å². The van der Waals surface area contributed by atoms with E-state index >= 15 is 0 Å². The smallest absolute Gasteiger partial charge is 0.412 e. The maximum Gasteiger partial charge on any atom is 0.412 e. The normalized spacial score (nSPS) is 10.2. The molecule has 0 atom stereocenters. The number of carbonyl (C=O) groups excluding carboxylic acids is 1. The molecule has 0 heterocycles. The van der Waals surface area contributed by atoms with Crippen LogP contribution < -0.4 is 5.32 Å². The number of rotatable bonds is 3. The van der Waals surface area contributed by atoms with E-state index in [0.717, 1.165) is 11.1 Å². The van der Waals surface area contributed by atoms with Crippen molar-refractivity contribution in [3.8, 4) is 0 Å². The lowest BCUT2D eigenvalue weighted by atomic mass is 10.2. The van der Waals surface area contributed by atoms with E-state index in [0.29, 0.717) is 3.57 Å². The number of ether oxygens (including phenoxy) is 1. The average molecular weight is 385 g/mol. The van der Waals surface area contributed by atoms with Crippen molar-refractivity contribution >= 4 is 34.4 Å². The molecule has 1 N–H and O–H groups in total. The second-order valence-corrected chi connectivity index (χ2v) is 5.45. The minimum atomic E-state index is -0.672. The third-order valence-electron chi connectivity index (χ3n) is 2.63. The molecule has 20 heavy (non-hydrogen) atoms. The summed E-state index contributed by atoms with van der Waals surface area (Å²) >= 11 is 1.97. The van der Waals surface area contributed by atoms with Crippen LogP contribution in [-0.4, -0.2) is 6.09 Å². The number of hydrogen-bond acceptors (Lipinski definition) is 2. The maximum atomic E-state index is 13.8. The highest BCUT2D eigenvalue weighted by atomic mass is 127. The minimum absolute atomic E-state index is 0.147. The maximum absolute atomic E-state index is 13.8. The molecule has 104 valence electrons. The number of hydrogen-bond donors (Lipinski definition) is 1. The number of carbonyl (C=O) groups is 1. The van der Waals surface area contributed by atoms with E-state index in [-0.39, 0.29) is 12.3 Å². The zero-order valence-corrected chi connectivity index (χ0v) is 13.0. The lowest BCUT2D eigenvalue weighted by Gasteiger charge is -2.10. The third-order valence-corrected chi connectivity index (χ3v) is 3.48. The Bertz CT molecular complexity index is 594. The molecule has 2 aromatic rings. The molecule has 2 aromatic carbocycles. The molecule has 1 amide bonds. The summed E-state index contributed by atoms with van der Waals surface area (Å²) in [4.78, 5) is 11.7. The third kappa shape index (κ3) is 3.93. The highest BCUT2D eigenvalue weighted by Gasteiger charge is 2.12. The molecule has 0 aliphatic heterocycles. The summed E-state index contributed by atoms with van der Waals surface area (Å²) in [5.41, 5.74) is 1.83. The topological polar surface area (TPSA) is 38.3 Å². The Balaban J connectivity index is 1.98. The lowest BCUT2D eigenvalue weighted by molar-refractivity contribution is 0.155. The Morgan fingerprint density at radius 2 is 2.00 bits per heavy atom. The van der Waals surface area contributed by atoms with E-state index < -0.39 is 11.9 Å².